The number of anilines is 2. The second-order valence-corrected chi connectivity index (χ2v) is 26.3. The molecular formula is C62H69ClN9O13PS. The number of benzene rings is 4. The lowest BCUT2D eigenvalue weighted by Crippen LogP contribution is -2.57. The van der Waals surface area contributed by atoms with E-state index in [0.717, 1.165) is 27.3 Å². The van der Waals surface area contributed by atoms with Gasteiger partial charge in [-0.1, -0.05) is 87.0 Å². The van der Waals surface area contributed by atoms with E-state index in [1.807, 2.05) is 50.2 Å². The number of primary amides is 1. The lowest BCUT2D eigenvalue weighted by atomic mass is 9.85. The summed E-state index contributed by atoms with van der Waals surface area (Å²) in [6.07, 6.45) is -0.525. The monoisotopic (exact) mass is 1250 g/mol. The van der Waals surface area contributed by atoms with Gasteiger partial charge in [0.1, 0.15) is 24.2 Å². The number of ketones is 1. The van der Waals surface area contributed by atoms with E-state index in [4.69, 9.17) is 17.3 Å². The fourth-order valence-electron chi connectivity index (χ4n) is 11.6. The summed E-state index contributed by atoms with van der Waals surface area (Å²) in [7, 11) is -5.07. The first-order valence-electron chi connectivity index (χ1n) is 28.6. The van der Waals surface area contributed by atoms with Gasteiger partial charge in [-0.2, -0.15) is 0 Å². The third kappa shape index (κ3) is 14.4. The van der Waals surface area contributed by atoms with Crippen molar-refractivity contribution >= 4 is 105 Å². The van der Waals surface area contributed by atoms with Crippen LogP contribution in [-0.4, -0.2) is 119 Å². The molecule has 0 spiro atoms. The molecule has 1 saturated heterocycles. The molecule has 3 aliphatic heterocycles. The van der Waals surface area contributed by atoms with Crippen molar-refractivity contribution < 1.29 is 62.6 Å². The fraction of sp³-hybridized carbons (Fsp3) is 0.387. The van der Waals surface area contributed by atoms with Crippen molar-refractivity contribution in [3.63, 3.8) is 0 Å². The molecule has 0 aliphatic carbocycles. The topological polar surface area (TPSA) is 341 Å². The molecule has 2 aromatic heterocycles. The van der Waals surface area contributed by atoms with E-state index in [-0.39, 0.29) is 86.3 Å². The Bertz CT molecular complexity index is 3760. The standard InChI is InChI=1S/C62H69ClN9O13PS/c1-32(34-15-18-37(19-16-34)54-33(2)65-31-87-54)66-57(78)47-29-42(73)30-71(47)60(81)55(62(3,4)5)70-51(76)14-8-10-35-9-7-13-44(52(35)63)68-56(77)45(23-24-50(64)75)69-58(79)48-27-38-12-6-11-36-17-20-39(59(80)72(48)53(36)38)28-49(74)46-26-41-25-40(21-22-43(41)67-46)61(82)86(83,84)85/h6-7,9,11-13,15-16,18-19,21-22,25-26,31-32,39,42,45,47-48,55,67,73H,8,10,14,17,20,23-24,27-30H2,1-5H3,(H2,64,75)(H,66,78)(H,68,77)(H,69,79)(H,70,76)(H2,83,84,85)/t32-,39+,42+,45-,47-,48-,55+/m0/s1. The predicted octanol–water partition coefficient (Wildman–Crippen LogP) is 6.75. The number of nitrogens with zero attached hydrogens (tertiary/aromatic N) is 3. The number of hydrogen-bond acceptors (Lipinski definition) is 13. The number of rotatable bonds is 22. The lowest BCUT2D eigenvalue weighted by molar-refractivity contribution is -0.144. The summed E-state index contributed by atoms with van der Waals surface area (Å²) >= 11 is 8.45. The van der Waals surface area contributed by atoms with Gasteiger partial charge in [0.2, 0.25) is 41.4 Å². The van der Waals surface area contributed by atoms with Gasteiger partial charge in [0.05, 0.1) is 50.3 Å². The second kappa shape index (κ2) is 26.2. The first kappa shape index (κ1) is 63.6. The molecule has 9 rings (SSSR count). The van der Waals surface area contributed by atoms with Crippen LogP contribution in [0.15, 0.2) is 90.4 Å². The summed E-state index contributed by atoms with van der Waals surface area (Å²) in [6.45, 7) is 9.07. The van der Waals surface area contributed by atoms with E-state index in [1.165, 1.54) is 34.1 Å². The molecule has 0 bridgehead atoms. The molecule has 25 heteroatoms. The molecule has 5 heterocycles. The third-order valence-electron chi connectivity index (χ3n) is 16.2. The van der Waals surface area contributed by atoms with Crippen LogP contribution in [-0.2, 0) is 57.4 Å². The SMILES string of the molecule is Cc1ncsc1-c1ccc([C@H](C)NC(=O)[C@@H]2C[C@@H](O)CN2C(=O)[C@@H](NC(=O)CCCc2cccc(NC(=O)[C@H](CCC(N)=O)NC(=O)[C@@H]3Cc4cccc5c4N3C(=O)[C@@H](CC(=O)c3cc4cc(C(=O)P(=O)(O)O)ccc4[nH]3)CC5)c2Cl)C(C)(C)C)cc1. The van der Waals surface area contributed by atoms with Gasteiger partial charge in [0.15, 0.2) is 5.78 Å². The molecule has 6 aromatic rings. The van der Waals surface area contributed by atoms with Crippen LogP contribution in [0.3, 0.4) is 0 Å². The number of fused-ring (bicyclic) bond motifs is 1. The Morgan fingerprint density at radius 1 is 0.908 bits per heavy atom. The number of carbonyl (C=O) groups excluding carboxylic acids is 9. The van der Waals surface area contributed by atoms with Crippen LogP contribution in [0.5, 0.6) is 0 Å². The zero-order valence-corrected chi connectivity index (χ0v) is 51.0. The maximum Gasteiger partial charge on any atom is 0.396 e. The Labute approximate surface area is 510 Å². The van der Waals surface area contributed by atoms with Gasteiger partial charge in [0.25, 0.3) is 5.52 Å². The average Bonchev–Trinajstić information content (AvgIpc) is 1.70. The average molecular weight is 1250 g/mol. The van der Waals surface area contributed by atoms with Crippen molar-refractivity contribution in [2.45, 2.75) is 135 Å². The van der Waals surface area contributed by atoms with Crippen LogP contribution in [0, 0.1) is 18.3 Å². The third-order valence-corrected chi connectivity index (χ3v) is 18.5. The Morgan fingerprint density at radius 2 is 1.62 bits per heavy atom. The van der Waals surface area contributed by atoms with Gasteiger partial charge in [-0.15, -0.1) is 11.3 Å². The first-order valence-corrected chi connectivity index (χ1v) is 31.5. The molecule has 22 nitrogen and oxygen atoms in total. The molecule has 10 N–H and O–H groups in total. The molecule has 7 atom stereocenters. The fourth-order valence-corrected chi connectivity index (χ4v) is 13.2. The molecule has 1 fully saturated rings. The number of thiazole rings is 1. The maximum absolute atomic E-state index is 14.7. The summed E-state index contributed by atoms with van der Waals surface area (Å²) < 4.78 is 11.6. The molecule has 458 valence electrons. The largest absolute Gasteiger partial charge is 0.396 e. The summed E-state index contributed by atoms with van der Waals surface area (Å²) in [5.41, 5.74) is 10.9. The van der Waals surface area contributed by atoms with E-state index < -0.39 is 108 Å². The highest BCUT2D eigenvalue weighted by molar-refractivity contribution is 7.70. The van der Waals surface area contributed by atoms with Crippen LogP contribution in [0.25, 0.3) is 21.3 Å². The number of aromatic nitrogens is 2. The number of para-hydroxylation sites is 1. The van der Waals surface area contributed by atoms with Crippen LogP contribution >= 0.6 is 30.5 Å². The number of nitrogens with one attached hydrogen (secondary N) is 5. The predicted molar refractivity (Wildman–Crippen MR) is 327 cm³/mol. The summed E-state index contributed by atoms with van der Waals surface area (Å²) in [5.74, 6) is -5.43. The van der Waals surface area contributed by atoms with Crippen molar-refractivity contribution in [2.24, 2.45) is 17.1 Å². The van der Waals surface area contributed by atoms with Crippen LogP contribution < -0.4 is 31.9 Å². The highest BCUT2D eigenvalue weighted by Crippen LogP contribution is 2.42. The summed E-state index contributed by atoms with van der Waals surface area (Å²) in [5, 5.41) is 22.7. The molecule has 0 radical (unpaired) electrons. The minimum Gasteiger partial charge on any atom is -0.391 e. The lowest BCUT2D eigenvalue weighted by Gasteiger charge is -2.35. The number of aliphatic hydroxyl groups excluding tert-OH is 1. The molecule has 0 saturated carbocycles. The number of aromatic amines is 1. The highest BCUT2D eigenvalue weighted by Gasteiger charge is 2.47. The number of β-amino-alcohol motifs (C(OH)–C–C–N with tert-alkyl or cyclic N) is 1. The zero-order valence-electron chi connectivity index (χ0n) is 48.6. The van der Waals surface area contributed by atoms with Gasteiger partial charge in [-0.05, 0) is 110 Å². The van der Waals surface area contributed by atoms with Crippen LogP contribution in [0.2, 0.25) is 5.02 Å². The van der Waals surface area contributed by atoms with Crippen molar-refractivity contribution in [3.8, 4) is 10.4 Å². The van der Waals surface area contributed by atoms with Gasteiger partial charge >= 0.3 is 7.60 Å². The Balaban J connectivity index is 0.816. The number of H-pyrrole nitrogens is 1. The summed E-state index contributed by atoms with van der Waals surface area (Å²) in [4.78, 5) is 153. The molecule has 4 aromatic carbocycles. The van der Waals surface area contributed by atoms with Gasteiger partial charge in [0, 0.05) is 61.0 Å². The van der Waals surface area contributed by atoms with E-state index in [1.54, 1.807) is 61.9 Å². The first-order chi connectivity index (χ1) is 41.2. The van der Waals surface area contributed by atoms with E-state index in [9.17, 15) is 62.6 Å². The van der Waals surface area contributed by atoms with Gasteiger partial charge < -0.3 is 51.8 Å². The number of carbonyl (C=O) groups is 9. The number of Topliss-reactive ketones (excluding diaryl/α,β-unsaturated/α-hetero) is 1. The van der Waals surface area contributed by atoms with Crippen molar-refractivity contribution in [1.29, 1.82) is 0 Å². The second-order valence-electron chi connectivity index (χ2n) is 23.6. The van der Waals surface area contributed by atoms with E-state index in [2.05, 4.69) is 31.2 Å². The smallest absolute Gasteiger partial charge is 0.391 e. The quantitative estimate of drug-likeness (QED) is 0.0251. The maximum atomic E-state index is 14.7. The number of hydrogen-bond donors (Lipinski definition) is 9. The highest BCUT2D eigenvalue weighted by atomic mass is 35.5. The van der Waals surface area contributed by atoms with Crippen molar-refractivity contribution in [3.05, 3.63) is 135 Å². The normalized spacial score (nSPS) is 18.5. The van der Waals surface area contributed by atoms with E-state index >= 15 is 0 Å². The molecule has 3 aliphatic rings. The zero-order chi connectivity index (χ0) is 62.8. The molecular weight excluding hydrogens is 1180 g/mol. The molecule has 0 unspecified atom stereocenters. The van der Waals surface area contributed by atoms with Crippen LogP contribution in [0.4, 0.5) is 11.4 Å². The molecule has 7 amide bonds. The van der Waals surface area contributed by atoms with Crippen LogP contribution in [0.1, 0.15) is 127 Å². The Kier molecular flexibility index (Phi) is 19.1. The van der Waals surface area contributed by atoms with Crippen molar-refractivity contribution in [1.82, 2.24) is 30.8 Å². The summed E-state index contributed by atoms with van der Waals surface area (Å²) in [6, 6.07) is 18.5. The van der Waals surface area contributed by atoms with Gasteiger partial charge in [-0.3, -0.25) is 52.6 Å². The number of likely N-dealkylation sites (tertiary alicyclic amines) is 1. The Morgan fingerprint density at radius 3 is 2.31 bits per heavy atom. The number of nitrogens with two attached hydrogens (primary N) is 1. The van der Waals surface area contributed by atoms with Crippen molar-refractivity contribution in [2.75, 3.05) is 16.8 Å². The number of aryl methyl sites for hydroxylation is 3. The van der Waals surface area contributed by atoms with Gasteiger partial charge in [-0.25, -0.2) is 4.98 Å². The Hall–Kier alpha value is -7.92. The number of amides is 7. The number of halogens is 1. The number of aliphatic hydroxyl groups is 1. The minimum atomic E-state index is -5.07. The molecule has 87 heavy (non-hydrogen) atoms. The van der Waals surface area contributed by atoms with E-state index in [0.29, 0.717) is 34.1 Å². The minimum absolute atomic E-state index is 0.0214.